The molecule has 1 aliphatic heterocycles. The fourth-order valence-electron chi connectivity index (χ4n) is 1.51. The van der Waals surface area contributed by atoms with Crippen LogP contribution in [0.3, 0.4) is 0 Å². The van der Waals surface area contributed by atoms with Gasteiger partial charge in [0.25, 0.3) is 0 Å². The van der Waals surface area contributed by atoms with Gasteiger partial charge in [0.1, 0.15) is 18.4 Å². The van der Waals surface area contributed by atoms with Crippen LogP contribution in [0.15, 0.2) is 6.33 Å². The number of anilines is 3. The molecule has 106 valence electrons. The molecule has 6 N–H and O–H groups in total. The molecule has 0 saturated carbocycles. The number of hydrogen-bond acceptors (Lipinski definition) is 8. The fraction of sp³-hybridized carbons (Fsp3) is 0.500. The van der Waals surface area contributed by atoms with Crippen LogP contribution in [0.5, 0.6) is 0 Å². The van der Waals surface area contributed by atoms with Crippen LogP contribution in [0.25, 0.3) is 0 Å². The molecule has 19 heavy (non-hydrogen) atoms. The smallest absolute Gasteiger partial charge is 0.350 e. The van der Waals surface area contributed by atoms with Crippen molar-refractivity contribution in [1.82, 2.24) is 15.1 Å². The summed E-state index contributed by atoms with van der Waals surface area (Å²) >= 11 is 0. The lowest BCUT2D eigenvalue weighted by Crippen LogP contribution is -2.37. The summed E-state index contributed by atoms with van der Waals surface area (Å²) in [5.41, 5.74) is 12.1. The molecule has 1 atom stereocenters. The molecule has 0 spiro atoms. The van der Waals surface area contributed by atoms with E-state index in [1.807, 2.05) is 0 Å². The largest absolute Gasteiger partial charge is 0.382 e. The summed E-state index contributed by atoms with van der Waals surface area (Å²) in [6.45, 7) is 2.02. The van der Waals surface area contributed by atoms with Crippen molar-refractivity contribution in [3.8, 4) is 0 Å². The van der Waals surface area contributed by atoms with E-state index in [0.29, 0.717) is 23.9 Å². The summed E-state index contributed by atoms with van der Waals surface area (Å²) in [7, 11) is -4.15. The second-order valence-corrected chi connectivity index (χ2v) is 5.68. The van der Waals surface area contributed by atoms with Crippen molar-refractivity contribution in [2.24, 2.45) is 0 Å². The summed E-state index contributed by atoms with van der Waals surface area (Å²) in [6.07, 6.45) is 0.313. The third kappa shape index (κ3) is 3.75. The molecule has 0 aliphatic carbocycles. The van der Waals surface area contributed by atoms with Gasteiger partial charge in [-0.15, -0.1) is 5.12 Å². The van der Waals surface area contributed by atoms with Crippen LogP contribution >= 0.6 is 7.60 Å². The lowest BCUT2D eigenvalue weighted by molar-refractivity contribution is 0.0687. The molecule has 2 heterocycles. The van der Waals surface area contributed by atoms with Gasteiger partial charge < -0.3 is 20.3 Å². The van der Waals surface area contributed by atoms with Crippen LogP contribution in [-0.2, 0) is 9.30 Å². The lowest BCUT2D eigenvalue weighted by Gasteiger charge is -2.21. The first kappa shape index (κ1) is 14.0. The molecule has 10 nitrogen and oxygen atoms in total. The second-order valence-electron chi connectivity index (χ2n) is 4.09. The first-order valence-corrected chi connectivity index (χ1v) is 7.22. The Hall–Kier alpha value is -1.45. The predicted octanol–water partition coefficient (Wildman–Crippen LogP) is -0.431. The lowest BCUT2D eigenvalue weighted by atomic mass is 10.4. The molecule has 0 radical (unpaired) electrons. The van der Waals surface area contributed by atoms with E-state index in [4.69, 9.17) is 20.3 Å². The van der Waals surface area contributed by atoms with E-state index in [2.05, 4.69) is 20.8 Å². The monoisotopic (exact) mass is 290 g/mol. The van der Waals surface area contributed by atoms with Gasteiger partial charge in [0.05, 0.1) is 12.6 Å². The van der Waals surface area contributed by atoms with Crippen molar-refractivity contribution >= 4 is 24.9 Å². The van der Waals surface area contributed by atoms with Gasteiger partial charge in [0.15, 0.2) is 11.6 Å². The molecule has 1 unspecified atom stereocenters. The summed E-state index contributed by atoms with van der Waals surface area (Å²) < 4.78 is 15.7. The van der Waals surface area contributed by atoms with Gasteiger partial charge >= 0.3 is 7.60 Å². The van der Waals surface area contributed by atoms with E-state index in [9.17, 15) is 4.57 Å². The highest BCUT2D eigenvalue weighted by atomic mass is 31.2. The van der Waals surface area contributed by atoms with Crippen molar-refractivity contribution in [3.05, 3.63) is 6.33 Å². The van der Waals surface area contributed by atoms with Gasteiger partial charge in [0, 0.05) is 0 Å². The third-order valence-corrected chi connectivity index (χ3v) is 2.82. The molecule has 1 aliphatic rings. The topological polar surface area (TPSA) is 146 Å². The Bertz CT molecular complexity index is 508. The van der Waals surface area contributed by atoms with Gasteiger partial charge in [-0.05, 0) is 6.92 Å². The molecule has 1 aromatic rings. The highest BCUT2D eigenvalue weighted by Crippen LogP contribution is 2.34. The van der Waals surface area contributed by atoms with Gasteiger partial charge in [-0.3, -0.25) is 15.4 Å². The van der Waals surface area contributed by atoms with E-state index >= 15 is 0 Å². The maximum absolute atomic E-state index is 10.7. The van der Waals surface area contributed by atoms with E-state index in [1.54, 1.807) is 12.0 Å². The Morgan fingerprint density at radius 1 is 1.53 bits per heavy atom. The highest BCUT2D eigenvalue weighted by Gasteiger charge is 2.24. The number of aromatic nitrogens is 2. The van der Waals surface area contributed by atoms with Crippen LogP contribution in [0.1, 0.15) is 6.92 Å². The standard InChI is InChI=1S/C8H15N6O4P/c1-5(18-4-19(15,16)17)2-14-12-6-7(9)10-3-11-8(6)13-14/h3,5,12H,2,4H2,1H3,(H2,15,16,17)(H3,9,10,11,13). The van der Waals surface area contributed by atoms with Crippen molar-refractivity contribution in [3.63, 3.8) is 0 Å². The Kier molecular flexibility index (Phi) is 3.88. The van der Waals surface area contributed by atoms with Crippen LogP contribution in [0.2, 0.25) is 0 Å². The van der Waals surface area contributed by atoms with Crippen molar-refractivity contribution in [2.75, 3.05) is 29.5 Å². The molecular formula is C8H15N6O4P. The minimum absolute atomic E-state index is 0.309. The van der Waals surface area contributed by atoms with Gasteiger partial charge in [-0.1, -0.05) is 0 Å². The Labute approximate surface area is 109 Å². The zero-order valence-electron chi connectivity index (χ0n) is 10.1. The number of ether oxygens (including phenoxy) is 1. The number of fused-ring (bicyclic) bond motifs is 1. The number of hydrogen-bond donors (Lipinski definition) is 5. The van der Waals surface area contributed by atoms with Gasteiger partial charge in [-0.2, -0.15) is 0 Å². The summed E-state index contributed by atoms with van der Waals surface area (Å²) in [5.74, 6) is 0.846. The molecule has 0 bridgehead atoms. The average molecular weight is 290 g/mol. The van der Waals surface area contributed by atoms with Gasteiger partial charge in [-0.25, -0.2) is 9.97 Å². The van der Waals surface area contributed by atoms with Gasteiger partial charge in [0.2, 0.25) is 0 Å². The molecular weight excluding hydrogens is 275 g/mol. The van der Waals surface area contributed by atoms with E-state index in [-0.39, 0.29) is 0 Å². The fourth-order valence-corrected chi connectivity index (χ4v) is 1.96. The summed E-state index contributed by atoms with van der Waals surface area (Å²) in [4.78, 5) is 25.3. The number of nitrogen functional groups attached to an aromatic ring is 1. The quantitative estimate of drug-likeness (QED) is 0.452. The zero-order chi connectivity index (χ0) is 14.0. The molecule has 11 heteroatoms. The number of rotatable bonds is 5. The number of nitrogens with two attached hydrogens (primary N) is 1. The van der Waals surface area contributed by atoms with Crippen molar-refractivity contribution < 1.29 is 19.1 Å². The number of nitrogens with zero attached hydrogens (tertiary/aromatic N) is 3. The SMILES string of the molecule is CC(CN1Nc2ncnc(N)c2N1)OCP(=O)(O)O. The minimum Gasteiger partial charge on any atom is -0.382 e. The van der Waals surface area contributed by atoms with E-state index in [1.165, 1.54) is 6.33 Å². The van der Waals surface area contributed by atoms with Crippen molar-refractivity contribution in [2.45, 2.75) is 13.0 Å². The predicted molar refractivity (Wildman–Crippen MR) is 67.9 cm³/mol. The second kappa shape index (κ2) is 5.27. The minimum atomic E-state index is -4.15. The van der Waals surface area contributed by atoms with Crippen LogP contribution in [0, 0.1) is 0 Å². The van der Waals surface area contributed by atoms with Crippen molar-refractivity contribution in [1.29, 1.82) is 0 Å². The summed E-state index contributed by atoms with van der Waals surface area (Å²) in [6, 6.07) is 0. The number of nitrogens with one attached hydrogen (secondary N) is 2. The molecule has 0 fully saturated rings. The van der Waals surface area contributed by atoms with E-state index < -0.39 is 20.0 Å². The molecule has 2 rings (SSSR count). The zero-order valence-corrected chi connectivity index (χ0v) is 11.0. The highest BCUT2D eigenvalue weighted by molar-refractivity contribution is 7.51. The Morgan fingerprint density at radius 3 is 2.89 bits per heavy atom. The summed E-state index contributed by atoms with van der Waals surface area (Å²) in [5, 5.41) is 1.56. The first-order valence-electron chi connectivity index (χ1n) is 5.42. The molecule has 0 aromatic carbocycles. The molecule has 0 saturated heterocycles. The maximum Gasteiger partial charge on any atom is 0.350 e. The van der Waals surface area contributed by atoms with Crippen LogP contribution < -0.4 is 16.6 Å². The Morgan fingerprint density at radius 2 is 2.26 bits per heavy atom. The van der Waals surface area contributed by atoms with Crippen LogP contribution in [-0.4, -0.2) is 43.9 Å². The maximum atomic E-state index is 10.7. The Balaban J connectivity index is 1.87. The average Bonchev–Trinajstić information content (AvgIpc) is 2.69. The van der Waals surface area contributed by atoms with E-state index in [0.717, 1.165) is 0 Å². The number of hydrazine groups is 2. The van der Waals surface area contributed by atoms with Crippen LogP contribution in [0.4, 0.5) is 17.3 Å². The molecule has 0 amide bonds. The first-order chi connectivity index (χ1) is 8.85. The normalized spacial score (nSPS) is 16.6. The third-order valence-electron chi connectivity index (χ3n) is 2.33. The molecule has 1 aromatic heterocycles.